The van der Waals surface area contributed by atoms with Crippen molar-refractivity contribution in [2.45, 2.75) is 42.2 Å². The fraction of sp³-hybridized carbons (Fsp3) is 0.562. The number of carbonyl (C=O) groups is 1. The summed E-state index contributed by atoms with van der Waals surface area (Å²) in [6.45, 7) is 1.52. The van der Waals surface area contributed by atoms with Gasteiger partial charge in [-0.3, -0.25) is 4.79 Å². The number of rotatable bonds is 4. The van der Waals surface area contributed by atoms with E-state index in [1.54, 1.807) is 4.90 Å². The monoisotopic (exact) mass is 375 g/mol. The number of carbonyl (C=O) groups excluding carboxylic acids is 1. The van der Waals surface area contributed by atoms with Crippen LogP contribution in [0.3, 0.4) is 0 Å². The fourth-order valence-electron chi connectivity index (χ4n) is 3.15. The van der Waals surface area contributed by atoms with Crippen LogP contribution in [0.15, 0.2) is 29.2 Å². The maximum Gasteiger partial charge on any atom is 0.341 e. The molecule has 2 aliphatic rings. The molecule has 0 aliphatic carbocycles. The largest absolute Gasteiger partial charge is 0.348 e. The molecule has 0 N–H and O–H groups in total. The predicted octanol–water partition coefficient (Wildman–Crippen LogP) is 2.05. The smallest absolute Gasteiger partial charge is 0.341 e. The minimum absolute atomic E-state index is 0.201. The lowest BCUT2D eigenvalue weighted by atomic mass is 10.00. The summed E-state index contributed by atoms with van der Waals surface area (Å²) in [5, 5.41) is 0. The van der Waals surface area contributed by atoms with Gasteiger partial charge in [-0.1, -0.05) is 0 Å². The highest BCUT2D eigenvalue weighted by Crippen LogP contribution is 2.26. The summed E-state index contributed by atoms with van der Waals surface area (Å²) in [5.74, 6) is -3.78. The van der Waals surface area contributed by atoms with Crippen LogP contribution in [0.25, 0.3) is 0 Å². The Morgan fingerprint density at radius 3 is 2.36 bits per heavy atom. The molecule has 0 radical (unpaired) electrons. The molecule has 1 aromatic rings. The van der Waals surface area contributed by atoms with E-state index in [2.05, 4.69) is 0 Å². The maximum atomic E-state index is 12.8. The van der Waals surface area contributed by atoms with Crippen LogP contribution in [0.1, 0.15) is 29.6 Å². The molecule has 25 heavy (non-hydrogen) atoms. The molecule has 0 spiro atoms. The van der Waals surface area contributed by atoms with E-state index in [0.29, 0.717) is 19.8 Å². The summed E-state index contributed by atoms with van der Waals surface area (Å²) < 4.78 is 59.1. The summed E-state index contributed by atoms with van der Waals surface area (Å²) in [5.41, 5.74) is 0.248. The van der Waals surface area contributed by atoms with Gasteiger partial charge in [0.15, 0.2) is 6.29 Å². The molecule has 1 atom stereocenters. The highest BCUT2D eigenvalue weighted by Gasteiger charge is 2.36. The first kappa shape index (κ1) is 18.2. The normalized spacial score (nSPS) is 22.5. The third kappa shape index (κ3) is 3.68. The number of halogens is 2. The zero-order valence-electron chi connectivity index (χ0n) is 13.4. The van der Waals surface area contributed by atoms with Crippen molar-refractivity contribution in [3.8, 4) is 0 Å². The first-order valence-corrected chi connectivity index (χ1v) is 9.62. The number of nitrogens with zero attached hydrogens (tertiary/aromatic N) is 1. The summed E-state index contributed by atoms with van der Waals surface area (Å²) in [6.07, 6.45) is 2.12. The summed E-state index contributed by atoms with van der Waals surface area (Å²) in [4.78, 5) is 13.9. The lowest BCUT2D eigenvalue weighted by Crippen LogP contribution is -2.50. The minimum atomic E-state index is -4.67. The molecule has 2 saturated heterocycles. The van der Waals surface area contributed by atoms with Crippen molar-refractivity contribution in [3.05, 3.63) is 29.8 Å². The first-order chi connectivity index (χ1) is 11.9. The first-order valence-electron chi connectivity index (χ1n) is 8.07. The van der Waals surface area contributed by atoms with Crippen molar-refractivity contribution in [3.63, 3.8) is 0 Å². The number of benzene rings is 1. The van der Waals surface area contributed by atoms with Crippen molar-refractivity contribution < 1.29 is 31.5 Å². The van der Waals surface area contributed by atoms with E-state index in [1.165, 1.54) is 12.1 Å². The Kier molecular flexibility index (Phi) is 5.35. The van der Waals surface area contributed by atoms with Crippen LogP contribution >= 0.6 is 0 Å². The molecular formula is C16H19F2NO5S. The summed E-state index contributed by atoms with van der Waals surface area (Å²) in [7, 11) is -4.67. The Labute approximate surface area is 144 Å². The average Bonchev–Trinajstić information content (AvgIpc) is 3.15. The van der Waals surface area contributed by atoms with Gasteiger partial charge in [0.25, 0.3) is 5.91 Å². The molecule has 6 nitrogen and oxygen atoms in total. The van der Waals surface area contributed by atoms with E-state index in [4.69, 9.17) is 9.47 Å². The van der Waals surface area contributed by atoms with Gasteiger partial charge in [0.05, 0.1) is 24.2 Å². The Morgan fingerprint density at radius 1 is 1.12 bits per heavy atom. The molecule has 0 bridgehead atoms. The van der Waals surface area contributed by atoms with Crippen LogP contribution in [0.2, 0.25) is 0 Å². The molecule has 138 valence electrons. The van der Waals surface area contributed by atoms with Gasteiger partial charge in [0.2, 0.25) is 9.84 Å². The second-order valence-electron chi connectivity index (χ2n) is 6.00. The molecule has 2 aliphatic heterocycles. The van der Waals surface area contributed by atoms with Crippen LogP contribution in [0.5, 0.6) is 0 Å². The second-order valence-corrected chi connectivity index (χ2v) is 7.92. The Bertz CT molecular complexity index is 717. The number of hydrogen-bond acceptors (Lipinski definition) is 5. The third-order valence-electron chi connectivity index (χ3n) is 4.44. The number of sulfone groups is 1. The second kappa shape index (κ2) is 7.35. The number of alkyl halides is 2. The maximum absolute atomic E-state index is 12.8. The molecule has 0 unspecified atom stereocenters. The van der Waals surface area contributed by atoms with E-state index >= 15 is 0 Å². The molecular weight excluding hydrogens is 356 g/mol. The summed E-state index contributed by atoms with van der Waals surface area (Å²) in [6, 6.07) is 4.40. The Balaban J connectivity index is 1.79. The minimum Gasteiger partial charge on any atom is -0.348 e. The van der Waals surface area contributed by atoms with Gasteiger partial charge in [0, 0.05) is 12.1 Å². The lowest BCUT2D eigenvalue weighted by Gasteiger charge is -2.38. The zero-order chi connectivity index (χ0) is 18.0. The van der Waals surface area contributed by atoms with Crippen molar-refractivity contribution in [2.75, 3.05) is 19.8 Å². The number of amides is 1. The van der Waals surface area contributed by atoms with E-state index in [9.17, 15) is 22.0 Å². The quantitative estimate of drug-likeness (QED) is 0.805. The SMILES string of the molecule is O=C(c1ccc(S(=O)(=O)C(F)F)cc1)N1CCCC[C@H]1C1OCCO1. The molecule has 1 aromatic carbocycles. The molecule has 1 amide bonds. The predicted molar refractivity (Wildman–Crippen MR) is 84.0 cm³/mol. The van der Waals surface area contributed by atoms with E-state index in [-0.39, 0.29) is 17.5 Å². The van der Waals surface area contributed by atoms with Crippen LogP contribution in [0, 0.1) is 0 Å². The van der Waals surface area contributed by atoms with Gasteiger partial charge < -0.3 is 14.4 Å². The third-order valence-corrected chi connectivity index (χ3v) is 5.83. The molecule has 2 heterocycles. The highest BCUT2D eigenvalue weighted by atomic mass is 32.2. The lowest BCUT2D eigenvalue weighted by molar-refractivity contribution is -0.100. The van der Waals surface area contributed by atoms with Gasteiger partial charge in [-0.25, -0.2) is 8.42 Å². The van der Waals surface area contributed by atoms with Gasteiger partial charge in [-0.05, 0) is 43.5 Å². The van der Waals surface area contributed by atoms with E-state index < -0.39 is 26.8 Å². The highest BCUT2D eigenvalue weighted by molar-refractivity contribution is 7.91. The molecule has 9 heteroatoms. The molecule has 0 aromatic heterocycles. The number of ether oxygens (including phenoxy) is 2. The Morgan fingerprint density at radius 2 is 1.76 bits per heavy atom. The van der Waals surface area contributed by atoms with Crippen molar-refractivity contribution >= 4 is 15.7 Å². The topological polar surface area (TPSA) is 72.9 Å². The summed E-state index contributed by atoms with van der Waals surface area (Å²) >= 11 is 0. The van der Waals surface area contributed by atoms with Gasteiger partial charge in [-0.15, -0.1) is 0 Å². The number of piperidine rings is 1. The standard InChI is InChI=1S/C16H19F2NO5S/c17-16(18)25(21,22)12-6-4-11(5-7-12)14(20)19-8-2-1-3-13(19)15-23-9-10-24-15/h4-7,13,15-16H,1-3,8-10H2/t13-/m0/s1. The van der Waals surface area contributed by atoms with Crippen molar-refractivity contribution in [1.82, 2.24) is 4.90 Å². The molecule has 3 rings (SSSR count). The van der Waals surface area contributed by atoms with Gasteiger partial charge in [0.1, 0.15) is 0 Å². The fourth-order valence-corrected chi connectivity index (χ4v) is 3.87. The van der Waals surface area contributed by atoms with Crippen LogP contribution in [0.4, 0.5) is 8.78 Å². The van der Waals surface area contributed by atoms with Crippen molar-refractivity contribution in [2.24, 2.45) is 0 Å². The van der Waals surface area contributed by atoms with Crippen LogP contribution in [-0.2, 0) is 19.3 Å². The van der Waals surface area contributed by atoms with Gasteiger partial charge in [-0.2, -0.15) is 8.78 Å². The number of likely N-dealkylation sites (tertiary alicyclic amines) is 1. The Hall–Kier alpha value is -1.58. The van der Waals surface area contributed by atoms with E-state index in [0.717, 1.165) is 31.4 Å². The van der Waals surface area contributed by atoms with Crippen LogP contribution < -0.4 is 0 Å². The van der Waals surface area contributed by atoms with Crippen LogP contribution in [-0.4, -0.2) is 57.1 Å². The molecule has 0 saturated carbocycles. The number of hydrogen-bond donors (Lipinski definition) is 0. The van der Waals surface area contributed by atoms with Gasteiger partial charge >= 0.3 is 5.76 Å². The van der Waals surface area contributed by atoms with E-state index in [1.807, 2.05) is 0 Å². The zero-order valence-corrected chi connectivity index (χ0v) is 14.3. The molecule has 2 fully saturated rings. The van der Waals surface area contributed by atoms with Crippen molar-refractivity contribution in [1.29, 1.82) is 0 Å². The average molecular weight is 375 g/mol.